The summed E-state index contributed by atoms with van der Waals surface area (Å²) >= 11 is 0. The SMILES string of the molecule is Cc1nnc(NS(=O)(=O)c2cn[nH]c2)o1. The summed E-state index contributed by atoms with van der Waals surface area (Å²) in [4.78, 5) is -0.00152. The molecule has 0 aromatic carbocycles. The second-order valence-electron chi connectivity index (χ2n) is 2.67. The Labute approximate surface area is 84.8 Å². The maximum atomic E-state index is 11.6. The van der Waals surface area contributed by atoms with Gasteiger partial charge in [0, 0.05) is 13.1 Å². The minimum absolute atomic E-state index is 0.00152. The van der Waals surface area contributed by atoms with E-state index in [0.717, 1.165) is 0 Å². The van der Waals surface area contributed by atoms with E-state index in [9.17, 15) is 8.42 Å². The second-order valence-corrected chi connectivity index (χ2v) is 4.35. The molecule has 0 atom stereocenters. The van der Waals surface area contributed by atoms with Crippen molar-refractivity contribution in [2.45, 2.75) is 11.8 Å². The molecule has 2 heterocycles. The summed E-state index contributed by atoms with van der Waals surface area (Å²) in [5.74, 6) is 0.278. The number of hydrogen-bond donors (Lipinski definition) is 2. The van der Waals surface area contributed by atoms with Crippen LogP contribution in [0, 0.1) is 6.92 Å². The summed E-state index contributed by atoms with van der Waals surface area (Å²) in [5, 5.41) is 12.9. The van der Waals surface area contributed by atoms with Crippen LogP contribution in [0.15, 0.2) is 21.7 Å². The van der Waals surface area contributed by atoms with Gasteiger partial charge in [-0.15, -0.1) is 5.10 Å². The number of H-pyrrole nitrogens is 1. The number of rotatable bonds is 3. The van der Waals surface area contributed by atoms with E-state index in [-0.39, 0.29) is 16.8 Å². The predicted molar refractivity (Wildman–Crippen MR) is 48.4 cm³/mol. The number of nitrogens with one attached hydrogen (secondary N) is 2. The lowest BCUT2D eigenvalue weighted by Crippen LogP contribution is -2.12. The molecule has 2 aromatic rings. The number of nitrogens with zero attached hydrogens (tertiary/aromatic N) is 3. The van der Waals surface area contributed by atoms with Crippen LogP contribution in [0.4, 0.5) is 6.01 Å². The molecule has 0 saturated heterocycles. The number of anilines is 1. The monoisotopic (exact) mass is 229 g/mol. The molecule has 0 amide bonds. The zero-order chi connectivity index (χ0) is 10.9. The zero-order valence-electron chi connectivity index (χ0n) is 7.63. The number of sulfonamides is 1. The van der Waals surface area contributed by atoms with Crippen LogP contribution in [0.3, 0.4) is 0 Å². The fraction of sp³-hybridized carbons (Fsp3) is 0.167. The molecule has 0 saturated carbocycles. The van der Waals surface area contributed by atoms with Crippen molar-refractivity contribution in [1.82, 2.24) is 20.4 Å². The molecular weight excluding hydrogens is 222 g/mol. The van der Waals surface area contributed by atoms with E-state index in [4.69, 9.17) is 4.42 Å². The Hall–Kier alpha value is -1.90. The van der Waals surface area contributed by atoms with Crippen molar-refractivity contribution < 1.29 is 12.8 Å². The topological polar surface area (TPSA) is 114 Å². The first-order valence-electron chi connectivity index (χ1n) is 3.89. The van der Waals surface area contributed by atoms with Crippen LogP contribution in [0.2, 0.25) is 0 Å². The summed E-state index contributed by atoms with van der Waals surface area (Å²) in [6.45, 7) is 1.56. The molecule has 0 fully saturated rings. The van der Waals surface area contributed by atoms with Crippen molar-refractivity contribution in [3.05, 3.63) is 18.3 Å². The van der Waals surface area contributed by atoms with Crippen molar-refractivity contribution in [2.75, 3.05) is 4.72 Å². The van der Waals surface area contributed by atoms with Crippen molar-refractivity contribution in [1.29, 1.82) is 0 Å². The largest absolute Gasteiger partial charge is 0.408 e. The molecule has 15 heavy (non-hydrogen) atoms. The van der Waals surface area contributed by atoms with Gasteiger partial charge in [-0.1, -0.05) is 5.10 Å². The van der Waals surface area contributed by atoms with Gasteiger partial charge in [0.05, 0.1) is 6.20 Å². The van der Waals surface area contributed by atoms with Crippen molar-refractivity contribution in [2.24, 2.45) is 0 Å². The van der Waals surface area contributed by atoms with Crippen molar-refractivity contribution in [3.8, 4) is 0 Å². The number of aromatic amines is 1. The maximum absolute atomic E-state index is 11.6. The van der Waals surface area contributed by atoms with E-state index in [0.29, 0.717) is 0 Å². The van der Waals surface area contributed by atoms with Gasteiger partial charge in [-0.25, -0.2) is 13.1 Å². The Morgan fingerprint density at radius 3 is 2.80 bits per heavy atom. The molecule has 2 N–H and O–H groups in total. The molecule has 0 aliphatic carbocycles. The van der Waals surface area contributed by atoms with Gasteiger partial charge < -0.3 is 4.42 Å². The minimum Gasteiger partial charge on any atom is -0.408 e. The van der Waals surface area contributed by atoms with E-state index < -0.39 is 10.0 Å². The molecular formula is C6H7N5O3S. The molecule has 8 nitrogen and oxygen atoms in total. The number of hydrogen-bond acceptors (Lipinski definition) is 6. The summed E-state index contributed by atoms with van der Waals surface area (Å²) in [6.07, 6.45) is 2.41. The predicted octanol–water partition coefficient (Wildman–Crippen LogP) is -0.0981. The summed E-state index contributed by atoms with van der Waals surface area (Å²) in [7, 11) is -3.70. The highest BCUT2D eigenvalue weighted by molar-refractivity contribution is 7.92. The van der Waals surface area contributed by atoms with Crippen LogP contribution in [-0.2, 0) is 10.0 Å². The van der Waals surface area contributed by atoms with Gasteiger partial charge in [0.2, 0.25) is 5.89 Å². The van der Waals surface area contributed by atoms with E-state index in [1.165, 1.54) is 12.4 Å². The van der Waals surface area contributed by atoms with Crippen molar-refractivity contribution in [3.63, 3.8) is 0 Å². The van der Waals surface area contributed by atoms with E-state index >= 15 is 0 Å². The number of aromatic nitrogens is 4. The van der Waals surface area contributed by atoms with Gasteiger partial charge in [-0.2, -0.15) is 5.10 Å². The highest BCUT2D eigenvalue weighted by Gasteiger charge is 2.18. The van der Waals surface area contributed by atoms with Gasteiger partial charge in [0.25, 0.3) is 10.0 Å². The van der Waals surface area contributed by atoms with Gasteiger partial charge in [0.15, 0.2) is 0 Å². The van der Waals surface area contributed by atoms with Crippen LogP contribution in [0.5, 0.6) is 0 Å². The van der Waals surface area contributed by atoms with E-state index in [1.807, 2.05) is 0 Å². The van der Waals surface area contributed by atoms with Crippen LogP contribution < -0.4 is 4.72 Å². The summed E-state index contributed by atoms with van der Waals surface area (Å²) in [6, 6.07) is -0.172. The molecule has 80 valence electrons. The Bertz CT molecular complexity index is 543. The molecule has 0 aliphatic heterocycles. The third-order valence-corrected chi connectivity index (χ3v) is 2.82. The third kappa shape index (κ3) is 1.96. The Kier molecular flexibility index (Phi) is 2.15. The molecule has 9 heteroatoms. The van der Waals surface area contributed by atoms with Crippen LogP contribution >= 0.6 is 0 Å². The Balaban J connectivity index is 2.26. The highest BCUT2D eigenvalue weighted by Crippen LogP contribution is 2.12. The normalized spacial score (nSPS) is 11.5. The lowest BCUT2D eigenvalue weighted by atomic mass is 10.7. The van der Waals surface area contributed by atoms with E-state index in [2.05, 4.69) is 25.1 Å². The van der Waals surface area contributed by atoms with Gasteiger partial charge >= 0.3 is 6.01 Å². The Morgan fingerprint density at radius 1 is 1.47 bits per heavy atom. The zero-order valence-corrected chi connectivity index (χ0v) is 8.45. The fourth-order valence-corrected chi connectivity index (χ4v) is 1.73. The molecule has 0 spiro atoms. The molecule has 0 aliphatic rings. The molecule has 2 rings (SSSR count). The Morgan fingerprint density at radius 2 is 2.27 bits per heavy atom. The summed E-state index contributed by atoms with van der Waals surface area (Å²) < 4.78 is 30.1. The highest BCUT2D eigenvalue weighted by atomic mass is 32.2. The number of aryl methyl sites for hydroxylation is 1. The minimum atomic E-state index is -3.70. The average Bonchev–Trinajstić information content (AvgIpc) is 2.75. The third-order valence-electron chi connectivity index (χ3n) is 1.53. The van der Waals surface area contributed by atoms with E-state index in [1.54, 1.807) is 6.92 Å². The first kappa shape index (κ1) is 9.65. The van der Waals surface area contributed by atoms with Crippen LogP contribution in [0.1, 0.15) is 5.89 Å². The van der Waals surface area contributed by atoms with Crippen LogP contribution in [-0.4, -0.2) is 28.8 Å². The first-order valence-corrected chi connectivity index (χ1v) is 5.38. The van der Waals surface area contributed by atoms with Crippen LogP contribution in [0.25, 0.3) is 0 Å². The molecule has 0 radical (unpaired) electrons. The molecule has 0 bridgehead atoms. The smallest absolute Gasteiger partial charge is 0.329 e. The quantitative estimate of drug-likeness (QED) is 0.759. The summed E-state index contributed by atoms with van der Waals surface area (Å²) in [5.41, 5.74) is 0. The second kappa shape index (κ2) is 3.35. The van der Waals surface area contributed by atoms with Gasteiger partial charge in [0.1, 0.15) is 4.90 Å². The lowest BCUT2D eigenvalue weighted by molar-refractivity contribution is 0.534. The first-order chi connectivity index (χ1) is 7.08. The van der Waals surface area contributed by atoms with Crippen molar-refractivity contribution >= 4 is 16.0 Å². The van der Waals surface area contributed by atoms with Gasteiger partial charge in [-0.3, -0.25) is 5.10 Å². The fourth-order valence-electron chi connectivity index (χ4n) is 0.898. The standard InChI is InChI=1S/C6H7N5O3S/c1-4-9-10-6(14-4)11-15(12,13)5-2-7-8-3-5/h2-3H,1H3,(H,7,8)(H,10,11). The maximum Gasteiger partial charge on any atom is 0.329 e. The molecule has 0 unspecified atom stereocenters. The van der Waals surface area contributed by atoms with Gasteiger partial charge in [-0.05, 0) is 0 Å². The lowest BCUT2D eigenvalue weighted by Gasteiger charge is -1.99. The average molecular weight is 229 g/mol. The molecule has 2 aromatic heterocycles.